The molecule has 1 aliphatic heterocycles. The highest BCUT2D eigenvalue weighted by atomic mass is 79.9. The number of anilines is 1. The summed E-state index contributed by atoms with van der Waals surface area (Å²) >= 11 is 9.74. The van der Waals surface area contributed by atoms with Crippen LogP contribution in [0.5, 0.6) is 11.5 Å². The molecule has 2 heterocycles. The number of carbonyl (C=O) groups is 1. The normalized spacial score (nSPS) is 15.1. The van der Waals surface area contributed by atoms with E-state index in [-0.39, 0.29) is 28.3 Å². The quantitative estimate of drug-likeness (QED) is 0.330. The summed E-state index contributed by atoms with van der Waals surface area (Å²) in [6, 6.07) is 13.0. The molecule has 5 rings (SSSR count). The molecule has 0 bridgehead atoms. The average Bonchev–Trinajstić information content (AvgIpc) is 3.10. The number of phenolic OH excluding ortho intramolecular Hbond substituents is 1. The summed E-state index contributed by atoms with van der Waals surface area (Å²) in [5, 5.41) is 11.2. The molecule has 0 radical (unpaired) electrons. The number of fused-ring (bicyclic) bond motifs is 2. The lowest BCUT2D eigenvalue weighted by atomic mass is 9.97. The summed E-state index contributed by atoms with van der Waals surface area (Å²) in [6.07, 6.45) is 0. The minimum atomic E-state index is -0.826. The third kappa shape index (κ3) is 3.38. The summed E-state index contributed by atoms with van der Waals surface area (Å²) in [4.78, 5) is 28.9. The monoisotopic (exact) mass is 539 g/mol. The predicted octanol–water partition coefficient (Wildman–Crippen LogP) is 6.29. The number of aromatic hydroxyl groups is 1. The van der Waals surface area contributed by atoms with Crippen LogP contribution in [0.15, 0.2) is 62.2 Å². The first-order valence-corrected chi connectivity index (χ1v) is 11.6. The van der Waals surface area contributed by atoms with Crippen LogP contribution in [-0.4, -0.2) is 18.1 Å². The summed E-state index contributed by atoms with van der Waals surface area (Å²) in [5.41, 5.74) is 3.10. The fourth-order valence-electron chi connectivity index (χ4n) is 4.31. The number of carbonyl (C=O) groups excluding carboxylic acids is 1. The molecule has 34 heavy (non-hydrogen) atoms. The SMILES string of the molecule is COc1cc(C2c3c(oc4ccc(C)cc4c3=O)C(=O)N2c2ccc(C)c(Cl)c2)cc(Br)c1O. The molecule has 1 atom stereocenters. The first kappa shape index (κ1) is 22.5. The second-order valence-electron chi connectivity index (χ2n) is 8.24. The molecule has 0 spiro atoms. The molecule has 0 saturated heterocycles. The van der Waals surface area contributed by atoms with E-state index in [1.54, 1.807) is 36.4 Å². The van der Waals surface area contributed by atoms with Crippen molar-refractivity contribution in [2.75, 3.05) is 12.0 Å². The molecule has 8 heteroatoms. The molecule has 6 nitrogen and oxygen atoms in total. The van der Waals surface area contributed by atoms with Gasteiger partial charge < -0.3 is 14.3 Å². The molecule has 1 N–H and O–H groups in total. The Morgan fingerprint density at radius 2 is 1.85 bits per heavy atom. The van der Waals surface area contributed by atoms with E-state index >= 15 is 0 Å². The van der Waals surface area contributed by atoms with Crippen LogP contribution in [0.1, 0.15) is 38.9 Å². The van der Waals surface area contributed by atoms with E-state index in [0.717, 1.165) is 11.1 Å². The highest BCUT2D eigenvalue weighted by Gasteiger charge is 2.44. The van der Waals surface area contributed by atoms with Crippen LogP contribution >= 0.6 is 27.5 Å². The average molecular weight is 541 g/mol. The number of methoxy groups -OCH3 is 1. The van der Waals surface area contributed by atoms with Crippen LogP contribution in [0.2, 0.25) is 5.02 Å². The fourth-order valence-corrected chi connectivity index (χ4v) is 4.94. The van der Waals surface area contributed by atoms with Crippen LogP contribution in [0.3, 0.4) is 0 Å². The van der Waals surface area contributed by atoms with Gasteiger partial charge in [0.2, 0.25) is 5.76 Å². The molecule has 3 aromatic carbocycles. The van der Waals surface area contributed by atoms with Crippen molar-refractivity contribution in [3.05, 3.63) is 96.3 Å². The lowest BCUT2D eigenvalue weighted by molar-refractivity contribution is 0.0971. The Morgan fingerprint density at radius 1 is 1.09 bits per heavy atom. The Balaban J connectivity index is 1.85. The van der Waals surface area contributed by atoms with Gasteiger partial charge in [0.05, 0.1) is 28.6 Å². The van der Waals surface area contributed by atoms with E-state index in [9.17, 15) is 14.7 Å². The molecule has 1 amide bonds. The Kier molecular flexibility index (Phi) is 5.41. The zero-order chi connectivity index (χ0) is 24.3. The van der Waals surface area contributed by atoms with E-state index in [1.165, 1.54) is 12.0 Å². The number of hydrogen-bond acceptors (Lipinski definition) is 5. The number of nitrogens with zero attached hydrogens (tertiary/aromatic N) is 1. The molecular formula is C26H19BrClNO5. The number of ether oxygens (including phenoxy) is 1. The molecule has 1 aromatic heterocycles. The molecule has 4 aromatic rings. The molecule has 1 unspecified atom stereocenters. The second kappa shape index (κ2) is 8.18. The molecule has 0 aliphatic carbocycles. The van der Waals surface area contributed by atoms with Crippen molar-refractivity contribution in [1.82, 2.24) is 0 Å². The maximum Gasteiger partial charge on any atom is 0.295 e. The van der Waals surface area contributed by atoms with Crippen molar-refractivity contribution in [3.8, 4) is 11.5 Å². The number of halogens is 2. The number of benzene rings is 3. The van der Waals surface area contributed by atoms with Crippen LogP contribution < -0.4 is 15.1 Å². The van der Waals surface area contributed by atoms with Crippen molar-refractivity contribution in [3.63, 3.8) is 0 Å². The fraction of sp³-hybridized carbons (Fsp3) is 0.154. The third-order valence-electron chi connectivity index (χ3n) is 6.05. The maximum atomic E-state index is 13.7. The smallest absolute Gasteiger partial charge is 0.295 e. The number of amides is 1. The minimum Gasteiger partial charge on any atom is -0.503 e. The first-order valence-electron chi connectivity index (χ1n) is 10.4. The van der Waals surface area contributed by atoms with Gasteiger partial charge in [0.15, 0.2) is 16.9 Å². The summed E-state index contributed by atoms with van der Waals surface area (Å²) in [5.74, 6) is -0.357. The molecule has 1 aliphatic rings. The standard InChI is InChI=1S/C26H19BrClNO5/c1-12-4-7-19-16(8-12)23(30)21-22(14-9-17(27)24(31)20(10-14)33-3)29(26(32)25(21)34-19)15-6-5-13(2)18(28)11-15/h4-11,22,31H,1-3H3. The van der Waals surface area contributed by atoms with E-state index in [1.807, 2.05) is 26.0 Å². The summed E-state index contributed by atoms with van der Waals surface area (Å²) in [6.45, 7) is 3.75. The van der Waals surface area contributed by atoms with Crippen molar-refractivity contribution < 1.29 is 19.1 Å². The van der Waals surface area contributed by atoms with Gasteiger partial charge in [-0.3, -0.25) is 14.5 Å². The van der Waals surface area contributed by atoms with Crippen molar-refractivity contribution >= 4 is 50.1 Å². The van der Waals surface area contributed by atoms with Crippen LogP contribution in [0, 0.1) is 13.8 Å². The van der Waals surface area contributed by atoms with E-state index in [0.29, 0.717) is 31.7 Å². The van der Waals surface area contributed by atoms with Crippen LogP contribution in [0.25, 0.3) is 11.0 Å². The van der Waals surface area contributed by atoms with E-state index < -0.39 is 11.9 Å². The Labute approximate surface area is 208 Å². The van der Waals surface area contributed by atoms with E-state index in [2.05, 4.69) is 15.9 Å². The molecule has 0 fully saturated rings. The van der Waals surface area contributed by atoms with Gasteiger partial charge in [0, 0.05) is 10.7 Å². The van der Waals surface area contributed by atoms with Gasteiger partial charge in [-0.15, -0.1) is 0 Å². The maximum absolute atomic E-state index is 13.7. The minimum absolute atomic E-state index is 0.0220. The van der Waals surface area contributed by atoms with Gasteiger partial charge in [-0.05, 0) is 77.3 Å². The number of hydrogen-bond donors (Lipinski definition) is 1. The van der Waals surface area contributed by atoms with Gasteiger partial charge >= 0.3 is 0 Å². The Bertz CT molecular complexity index is 1560. The number of rotatable bonds is 3. The largest absolute Gasteiger partial charge is 0.503 e. The second-order valence-corrected chi connectivity index (χ2v) is 9.50. The summed E-state index contributed by atoms with van der Waals surface area (Å²) in [7, 11) is 1.43. The predicted molar refractivity (Wildman–Crippen MR) is 134 cm³/mol. The van der Waals surface area contributed by atoms with Crippen molar-refractivity contribution in [2.45, 2.75) is 19.9 Å². The van der Waals surface area contributed by atoms with Crippen LogP contribution in [0.4, 0.5) is 5.69 Å². The number of aryl methyl sites for hydroxylation is 2. The molecule has 0 saturated carbocycles. The van der Waals surface area contributed by atoms with Crippen LogP contribution in [-0.2, 0) is 0 Å². The third-order valence-corrected chi connectivity index (χ3v) is 7.06. The number of phenols is 1. The van der Waals surface area contributed by atoms with Crippen molar-refractivity contribution in [1.29, 1.82) is 0 Å². The highest BCUT2D eigenvalue weighted by molar-refractivity contribution is 9.10. The van der Waals surface area contributed by atoms with Gasteiger partial charge in [0.25, 0.3) is 5.91 Å². The molecular weight excluding hydrogens is 522 g/mol. The van der Waals surface area contributed by atoms with E-state index in [4.69, 9.17) is 20.8 Å². The zero-order valence-electron chi connectivity index (χ0n) is 18.5. The van der Waals surface area contributed by atoms with Gasteiger partial charge in [-0.2, -0.15) is 0 Å². The van der Waals surface area contributed by atoms with Gasteiger partial charge in [-0.1, -0.05) is 29.3 Å². The Morgan fingerprint density at radius 3 is 2.56 bits per heavy atom. The van der Waals surface area contributed by atoms with Gasteiger partial charge in [0.1, 0.15) is 5.58 Å². The Hall–Kier alpha value is -3.29. The first-order chi connectivity index (χ1) is 16.2. The molecule has 172 valence electrons. The highest BCUT2D eigenvalue weighted by Crippen LogP contribution is 2.45. The topological polar surface area (TPSA) is 80.0 Å². The summed E-state index contributed by atoms with van der Waals surface area (Å²) < 4.78 is 11.7. The van der Waals surface area contributed by atoms with Crippen molar-refractivity contribution in [2.24, 2.45) is 0 Å². The van der Waals surface area contributed by atoms with Gasteiger partial charge in [-0.25, -0.2) is 0 Å². The lowest BCUT2D eigenvalue weighted by Crippen LogP contribution is -2.29. The zero-order valence-corrected chi connectivity index (χ0v) is 20.8. The lowest BCUT2D eigenvalue weighted by Gasteiger charge is -2.26.